The Bertz CT molecular complexity index is 472. The number of rotatable bonds is 4. The van der Waals surface area contributed by atoms with Gasteiger partial charge >= 0.3 is 12.3 Å². The van der Waals surface area contributed by atoms with Crippen molar-refractivity contribution in [3.05, 3.63) is 29.8 Å². The van der Waals surface area contributed by atoms with Crippen LogP contribution in [0.5, 0.6) is 0 Å². The monoisotopic (exact) mass is 290 g/mol. The third kappa shape index (κ3) is 5.59. The highest BCUT2D eigenvalue weighted by Gasteiger charge is 2.29. The minimum atomic E-state index is -4.57. The minimum absolute atomic E-state index is 0.227. The molecule has 5 nitrogen and oxygen atoms in total. The molecule has 0 aromatic heterocycles. The molecule has 8 heteroatoms. The lowest BCUT2D eigenvalue weighted by Crippen LogP contribution is -2.24. The highest BCUT2D eigenvalue weighted by atomic mass is 19.4. The standard InChI is InChI=1S/C12H13F3N2O3/c1-2-16-10(18)8-3-5-9(6-4-8)17-11(19)20-7-12(13,14)15/h3-6H,2,7H2,1H3,(H,16,18)(H,17,19). The van der Waals surface area contributed by atoms with Crippen LogP contribution in [0.15, 0.2) is 24.3 Å². The van der Waals surface area contributed by atoms with Gasteiger partial charge in [0, 0.05) is 17.8 Å². The van der Waals surface area contributed by atoms with Crippen molar-refractivity contribution in [2.24, 2.45) is 0 Å². The predicted octanol–water partition coefficient (Wildman–Crippen LogP) is 2.55. The van der Waals surface area contributed by atoms with E-state index in [4.69, 9.17) is 0 Å². The van der Waals surface area contributed by atoms with E-state index in [-0.39, 0.29) is 11.6 Å². The molecule has 1 aromatic carbocycles. The molecule has 0 saturated heterocycles. The maximum Gasteiger partial charge on any atom is 0.422 e. The van der Waals surface area contributed by atoms with Crippen molar-refractivity contribution in [1.82, 2.24) is 5.32 Å². The van der Waals surface area contributed by atoms with Crippen molar-refractivity contribution in [1.29, 1.82) is 0 Å². The Morgan fingerprint density at radius 2 is 1.80 bits per heavy atom. The molecule has 1 aromatic rings. The molecule has 0 bridgehead atoms. The van der Waals surface area contributed by atoms with Crippen molar-refractivity contribution < 1.29 is 27.5 Å². The molecule has 0 aliphatic heterocycles. The van der Waals surface area contributed by atoms with Crippen LogP contribution in [0.3, 0.4) is 0 Å². The van der Waals surface area contributed by atoms with Gasteiger partial charge in [-0.05, 0) is 31.2 Å². The summed E-state index contributed by atoms with van der Waals surface area (Å²) in [7, 11) is 0. The molecule has 1 rings (SSSR count). The first-order chi connectivity index (χ1) is 9.31. The van der Waals surface area contributed by atoms with Crippen molar-refractivity contribution >= 4 is 17.7 Å². The lowest BCUT2D eigenvalue weighted by Gasteiger charge is -2.09. The number of nitrogens with one attached hydrogen (secondary N) is 2. The second kappa shape index (κ2) is 6.78. The Kier molecular flexibility index (Phi) is 5.36. The summed E-state index contributed by atoms with van der Waals surface area (Å²) in [6.07, 6.45) is -5.78. The van der Waals surface area contributed by atoms with Gasteiger partial charge in [-0.2, -0.15) is 13.2 Å². The fourth-order valence-electron chi connectivity index (χ4n) is 1.27. The number of alkyl halides is 3. The SMILES string of the molecule is CCNC(=O)c1ccc(NC(=O)OCC(F)(F)F)cc1. The molecule has 0 spiro atoms. The molecular weight excluding hydrogens is 277 g/mol. The minimum Gasteiger partial charge on any atom is -0.440 e. The molecular formula is C12H13F3N2O3. The van der Waals surface area contributed by atoms with Crippen LogP contribution in [0.2, 0.25) is 0 Å². The summed E-state index contributed by atoms with van der Waals surface area (Å²) >= 11 is 0. The van der Waals surface area contributed by atoms with Crippen molar-refractivity contribution in [2.45, 2.75) is 13.1 Å². The van der Waals surface area contributed by atoms with Gasteiger partial charge in [-0.3, -0.25) is 10.1 Å². The summed E-state index contributed by atoms with van der Waals surface area (Å²) < 4.78 is 39.4. The number of anilines is 1. The third-order valence-electron chi connectivity index (χ3n) is 2.10. The Balaban J connectivity index is 2.53. The van der Waals surface area contributed by atoms with Crippen LogP contribution in [0.1, 0.15) is 17.3 Å². The van der Waals surface area contributed by atoms with E-state index in [1.165, 1.54) is 24.3 Å². The summed E-state index contributed by atoms with van der Waals surface area (Å²) in [6.45, 7) is 0.586. The van der Waals surface area contributed by atoms with Crippen LogP contribution in [0.4, 0.5) is 23.7 Å². The first kappa shape index (κ1) is 15.8. The second-order valence-corrected chi connectivity index (χ2v) is 3.75. The van der Waals surface area contributed by atoms with Crippen LogP contribution in [-0.2, 0) is 4.74 Å². The number of halogens is 3. The Morgan fingerprint density at radius 1 is 1.20 bits per heavy atom. The van der Waals surface area contributed by atoms with E-state index in [0.29, 0.717) is 12.1 Å². The van der Waals surface area contributed by atoms with Gasteiger partial charge < -0.3 is 10.1 Å². The van der Waals surface area contributed by atoms with Crippen LogP contribution in [-0.4, -0.2) is 31.3 Å². The van der Waals surface area contributed by atoms with E-state index in [2.05, 4.69) is 15.4 Å². The maximum atomic E-state index is 11.8. The van der Waals surface area contributed by atoms with E-state index >= 15 is 0 Å². The molecule has 2 amide bonds. The topological polar surface area (TPSA) is 67.4 Å². The first-order valence-corrected chi connectivity index (χ1v) is 5.70. The maximum absolute atomic E-state index is 11.8. The lowest BCUT2D eigenvalue weighted by atomic mass is 10.2. The molecule has 0 heterocycles. The molecule has 0 fully saturated rings. The van der Waals surface area contributed by atoms with Gasteiger partial charge in [-0.15, -0.1) is 0 Å². The molecule has 0 aliphatic carbocycles. The largest absolute Gasteiger partial charge is 0.440 e. The quantitative estimate of drug-likeness (QED) is 0.895. The van der Waals surface area contributed by atoms with E-state index in [0.717, 1.165) is 0 Å². The highest BCUT2D eigenvalue weighted by molar-refractivity contribution is 5.95. The van der Waals surface area contributed by atoms with Gasteiger partial charge in [-0.1, -0.05) is 0 Å². The fourth-order valence-corrected chi connectivity index (χ4v) is 1.27. The van der Waals surface area contributed by atoms with E-state index in [1.807, 2.05) is 0 Å². The summed E-state index contributed by atoms with van der Waals surface area (Å²) in [4.78, 5) is 22.5. The summed E-state index contributed by atoms with van der Waals surface area (Å²) in [5.74, 6) is -0.279. The smallest absolute Gasteiger partial charge is 0.422 e. The van der Waals surface area contributed by atoms with Crippen LogP contribution in [0, 0.1) is 0 Å². The normalized spacial score (nSPS) is 10.8. The van der Waals surface area contributed by atoms with Gasteiger partial charge in [0.15, 0.2) is 6.61 Å². The predicted molar refractivity (Wildman–Crippen MR) is 65.5 cm³/mol. The van der Waals surface area contributed by atoms with E-state index in [1.54, 1.807) is 6.92 Å². The number of ether oxygens (including phenoxy) is 1. The van der Waals surface area contributed by atoms with Crippen molar-refractivity contribution in [2.75, 3.05) is 18.5 Å². The van der Waals surface area contributed by atoms with E-state index in [9.17, 15) is 22.8 Å². The number of carbonyl (C=O) groups is 2. The summed E-state index contributed by atoms with van der Waals surface area (Å²) in [5, 5.41) is 4.70. The van der Waals surface area contributed by atoms with E-state index < -0.39 is 18.9 Å². The highest BCUT2D eigenvalue weighted by Crippen LogP contribution is 2.15. The zero-order valence-corrected chi connectivity index (χ0v) is 10.6. The summed E-state index contributed by atoms with van der Waals surface area (Å²) in [5.41, 5.74) is 0.603. The molecule has 0 radical (unpaired) electrons. The Labute approximate surface area is 113 Å². The molecule has 110 valence electrons. The van der Waals surface area contributed by atoms with Gasteiger partial charge in [0.1, 0.15) is 0 Å². The van der Waals surface area contributed by atoms with Crippen molar-refractivity contribution in [3.63, 3.8) is 0 Å². The fraction of sp³-hybridized carbons (Fsp3) is 0.333. The number of hydrogen-bond donors (Lipinski definition) is 2. The number of benzene rings is 1. The van der Waals surface area contributed by atoms with Gasteiger partial charge in [0.2, 0.25) is 0 Å². The zero-order valence-electron chi connectivity index (χ0n) is 10.6. The molecule has 0 saturated carbocycles. The summed E-state index contributed by atoms with van der Waals surface area (Å²) in [6, 6.07) is 5.65. The molecule has 0 aliphatic rings. The van der Waals surface area contributed by atoms with Gasteiger partial charge in [0.25, 0.3) is 5.91 Å². The molecule has 0 unspecified atom stereocenters. The molecule has 0 atom stereocenters. The van der Waals surface area contributed by atoms with Crippen molar-refractivity contribution in [3.8, 4) is 0 Å². The molecule has 2 N–H and O–H groups in total. The number of hydrogen-bond acceptors (Lipinski definition) is 3. The molecule has 20 heavy (non-hydrogen) atoms. The van der Waals surface area contributed by atoms with Gasteiger partial charge in [0.05, 0.1) is 0 Å². The van der Waals surface area contributed by atoms with Crippen LogP contribution >= 0.6 is 0 Å². The second-order valence-electron chi connectivity index (χ2n) is 3.75. The first-order valence-electron chi connectivity index (χ1n) is 5.70. The van der Waals surface area contributed by atoms with Crippen LogP contribution in [0.25, 0.3) is 0 Å². The average molecular weight is 290 g/mol. The Morgan fingerprint density at radius 3 is 2.30 bits per heavy atom. The Hall–Kier alpha value is -2.25. The average Bonchev–Trinajstić information content (AvgIpc) is 2.37. The third-order valence-corrected chi connectivity index (χ3v) is 2.10. The lowest BCUT2D eigenvalue weighted by molar-refractivity contribution is -0.159. The van der Waals surface area contributed by atoms with Gasteiger partial charge in [-0.25, -0.2) is 4.79 Å². The van der Waals surface area contributed by atoms with Crippen LogP contribution < -0.4 is 10.6 Å². The number of amides is 2. The zero-order chi connectivity index (χ0) is 15.2. The number of carbonyl (C=O) groups excluding carboxylic acids is 2.